The van der Waals surface area contributed by atoms with Gasteiger partial charge in [-0.25, -0.2) is 9.78 Å². The van der Waals surface area contributed by atoms with E-state index in [-0.39, 0.29) is 95.3 Å². The monoisotopic (exact) mass is 1560 g/mol. The number of likely N-dealkylation sites (tertiary alicyclic amines) is 1. The molecular weight excluding hydrogens is 1440 g/mol. The van der Waals surface area contributed by atoms with Crippen LogP contribution < -0.4 is 92.9 Å². The lowest BCUT2D eigenvalue weighted by Crippen LogP contribution is -2.63. The topological polar surface area (TPSA) is 645 Å². The average Bonchev–Trinajstić information content (AvgIpc) is 1.72. The third-order valence-corrected chi connectivity index (χ3v) is 18.4. The Morgan fingerprint density at radius 1 is 0.505 bits per heavy atom. The number of carbonyl (C=O) groups is 14. The van der Waals surface area contributed by atoms with E-state index in [0.29, 0.717) is 23.2 Å². The first-order chi connectivity index (χ1) is 52.3. The molecule has 13 amide bonds. The Morgan fingerprint density at radius 2 is 0.919 bits per heavy atom. The van der Waals surface area contributed by atoms with Crippen LogP contribution >= 0.6 is 0 Å². The van der Waals surface area contributed by atoms with Crippen LogP contribution in [-0.2, 0) is 86.4 Å². The van der Waals surface area contributed by atoms with Crippen molar-refractivity contribution in [3.63, 3.8) is 0 Å². The fourth-order valence-corrected chi connectivity index (χ4v) is 11.7. The number of amides is 13. The maximum absolute atomic E-state index is 14.9. The van der Waals surface area contributed by atoms with Crippen LogP contribution in [0.3, 0.4) is 0 Å². The molecule has 1 aliphatic rings. The number of guanidine groups is 2. The number of nitrogens with one attached hydrogen (secondary N) is 12. The van der Waals surface area contributed by atoms with Crippen LogP contribution in [0.1, 0.15) is 131 Å². The normalized spacial score (nSPS) is 16.6. The van der Waals surface area contributed by atoms with Crippen molar-refractivity contribution in [3.05, 3.63) is 90.0 Å². The van der Waals surface area contributed by atoms with E-state index in [2.05, 4.69) is 78.4 Å². The van der Waals surface area contributed by atoms with Crippen LogP contribution in [0.2, 0.25) is 0 Å². The van der Waals surface area contributed by atoms with Crippen LogP contribution in [0.4, 0.5) is 0 Å². The quantitative estimate of drug-likeness (QED) is 0.0142. The molecule has 1 aromatic heterocycles. The van der Waals surface area contributed by atoms with E-state index in [1.807, 2.05) is 0 Å². The highest BCUT2D eigenvalue weighted by Crippen LogP contribution is 2.21. The summed E-state index contributed by atoms with van der Waals surface area (Å²) in [6.07, 6.45) is -1.33. The van der Waals surface area contributed by atoms with Crippen LogP contribution in [0.5, 0.6) is 0 Å². The molecule has 111 heavy (non-hydrogen) atoms. The molecule has 0 spiro atoms. The number of aliphatic hydroxyl groups excluding tert-OH is 2. The van der Waals surface area contributed by atoms with Gasteiger partial charge in [0.15, 0.2) is 11.9 Å². The molecule has 3 aromatic rings. The van der Waals surface area contributed by atoms with Gasteiger partial charge in [0, 0.05) is 50.8 Å². The van der Waals surface area contributed by atoms with Crippen LogP contribution in [0.15, 0.2) is 83.2 Å². The molecule has 0 saturated carbocycles. The van der Waals surface area contributed by atoms with Crippen molar-refractivity contribution < 1.29 is 82.4 Å². The van der Waals surface area contributed by atoms with Crippen molar-refractivity contribution in [2.75, 3.05) is 19.6 Å². The number of benzene rings is 2. The molecule has 2 aromatic carbocycles. The number of carboxylic acids is 1. The molecule has 0 radical (unpaired) electrons. The van der Waals surface area contributed by atoms with Crippen molar-refractivity contribution in [2.45, 2.75) is 224 Å². The second-order valence-electron chi connectivity index (χ2n) is 28.2. The molecule has 0 bridgehead atoms. The molecule has 39 nitrogen and oxygen atoms in total. The number of nitrogens with zero attached hydrogens (tertiary/aromatic N) is 4. The predicted octanol–water partition coefficient (Wildman–Crippen LogP) is -5.70. The van der Waals surface area contributed by atoms with Crippen molar-refractivity contribution in [1.82, 2.24) is 73.4 Å². The van der Waals surface area contributed by atoms with Crippen LogP contribution in [-0.4, -0.2) is 235 Å². The first-order valence-corrected chi connectivity index (χ1v) is 36.8. The number of carbonyl (C=O) groups excluding carboxylic acids is 13. The summed E-state index contributed by atoms with van der Waals surface area (Å²) in [5.41, 5.74) is 35.6. The zero-order chi connectivity index (χ0) is 82.9. The number of aliphatic carboxylic acids is 1. The number of imidazole rings is 1. The Labute approximate surface area is 643 Å². The van der Waals surface area contributed by atoms with E-state index in [1.54, 1.807) is 88.4 Å². The molecule has 1 saturated heterocycles. The number of carboxylic acid groups (broad SMARTS) is 1. The summed E-state index contributed by atoms with van der Waals surface area (Å²) >= 11 is 0. The Kier molecular flexibility index (Phi) is 37.8. The summed E-state index contributed by atoms with van der Waals surface area (Å²) in [6, 6.07) is -2.41. The molecule has 16 atom stereocenters. The molecule has 0 unspecified atom stereocenters. The van der Waals surface area contributed by atoms with Gasteiger partial charge in [-0.15, -0.1) is 0 Å². The van der Waals surface area contributed by atoms with Gasteiger partial charge in [-0.2, -0.15) is 0 Å². The summed E-state index contributed by atoms with van der Waals surface area (Å²) in [5.74, 6) is -16.3. The number of H-pyrrole nitrogens is 1. The van der Waals surface area contributed by atoms with E-state index < -0.39 is 192 Å². The number of hydrogen-bond donors (Lipinski definition) is 21. The lowest BCUT2D eigenvalue weighted by atomic mass is 9.95. The van der Waals surface area contributed by atoms with Gasteiger partial charge >= 0.3 is 5.97 Å². The molecule has 1 aliphatic heterocycles. The van der Waals surface area contributed by atoms with Gasteiger partial charge < -0.3 is 118 Å². The third kappa shape index (κ3) is 30.6. The predicted molar refractivity (Wildman–Crippen MR) is 406 cm³/mol. The van der Waals surface area contributed by atoms with E-state index in [0.717, 1.165) is 11.8 Å². The Hall–Kier alpha value is -11.3. The maximum atomic E-state index is 14.9. The second-order valence-corrected chi connectivity index (χ2v) is 28.2. The number of aliphatic hydroxyl groups is 2. The molecule has 1 fully saturated rings. The highest BCUT2D eigenvalue weighted by molar-refractivity contribution is 6.01. The number of hydrogen-bond acceptors (Lipinski definition) is 20. The van der Waals surface area contributed by atoms with Crippen molar-refractivity contribution >= 4 is 94.7 Å². The molecule has 4 rings (SSSR count). The number of primary amides is 1. The van der Waals surface area contributed by atoms with E-state index in [1.165, 1.54) is 40.2 Å². The van der Waals surface area contributed by atoms with Crippen molar-refractivity contribution in [3.8, 4) is 0 Å². The van der Waals surface area contributed by atoms with E-state index in [9.17, 15) is 82.4 Å². The fourth-order valence-electron chi connectivity index (χ4n) is 11.7. The van der Waals surface area contributed by atoms with Gasteiger partial charge in [0.25, 0.3) is 0 Å². The lowest BCUT2D eigenvalue weighted by molar-refractivity contribution is -0.150. The summed E-state index contributed by atoms with van der Waals surface area (Å²) in [4.78, 5) is 211. The van der Waals surface area contributed by atoms with E-state index >= 15 is 0 Å². The zero-order valence-corrected chi connectivity index (χ0v) is 64.0. The zero-order valence-electron chi connectivity index (χ0n) is 64.0. The largest absolute Gasteiger partial charge is 0.480 e. The molecule has 27 N–H and O–H groups in total. The minimum absolute atomic E-state index is 0.00786. The summed E-state index contributed by atoms with van der Waals surface area (Å²) < 4.78 is 0. The van der Waals surface area contributed by atoms with Crippen LogP contribution in [0, 0.1) is 17.8 Å². The van der Waals surface area contributed by atoms with Gasteiger partial charge in [-0.05, 0) is 88.2 Å². The molecule has 0 aliphatic carbocycles. The Balaban J connectivity index is 1.59. The highest BCUT2D eigenvalue weighted by atomic mass is 16.4. The second kappa shape index (κ2) is 45.6. The lowest BCUT2D eigenvalue weighted by Gasteiger charge is -2.31. The fraction of sp³-hybridized carbons (Fsp3) is 0.569. The van der Waals surface area contributed by atoms with Crippen molar-refractivity contribution in [1.29, 1.82) is 0 Å². The number of nitrogens with two attached hydrogens (primary N) is 6. The SMILES string of the molecule is CC[C@H](C)[C@H](NC(=O)[C@H](CC(N)=O)NC(=O)[C@H](CCCN=C(N)N)NC(=O)[C@H](Cc1ccccc1)NC(=O)[C@H](Cc1ccccc1)NC(=O)[C@H](Cc1cnc[nH]1)NC(=O)[C@@H](N)C(C)C)C(=O)N[C@H](C(=O)N[C@H](C(=O)N[C@@H](C)C(=O)N[C@@H](CCCN=C(N)N)C(=O)N[C@H](C(=O)N1CCC[C@H]1C(=O)O)[C@@H](C)O)[C@@H](C)O)C(C)C. The summed E-state index contributed by atoms with van der Waals surface area (Å²) in [5, 5.41) is 59.4. The number of aliphatic imine (C=N–C) groups is 2. The van der Waals surface area contributed by atoms with Gasteiger partial charge in [0.05, 0.1) is 31.0 Å². The number of rotatable bonds is 46. The van der Waals surface area contributed by atoms with Gasteiger partial charge in [-0.3, -0.25) is 72.3 Å². The third-order valence-electron chi connectivity index (χ3n) is 18.4. The average molecular weight is 1560 g/mol. The molecule has 612 valence electrons. The number of aromatic amines is 1. The van der Waals surface area contributed by atoms with Gasteiger partial charge in [0.2, 0.25) is 76.8 Å². The van der Waals surface area contributed by atoms with Crippen molar-refractivity contribution in [2.24, 2.45) is 62.1 Å². The maximum Gasteiger partial charge on any atom is 0.326 e. The minimum atomic E-state index is -1.86. The highest BCUT2D eigenvalue weighted by Gasteiger charge is 2.42. The molecule has 2 heterocycles. The Morgan fingerprint density at radius 3 is 1.37 bits per heavy atom. The van der Waals surface area contributed by atoms with Crippen LogP contribution in [0.25, 0.3) is 0 Å². The van der Waals surface area contributed by atoms with E-state index in [4.69, 9.17) is 34.4 Å². The first-order valence-electron chi connectivity index (χ1n) is 36.8. The molecule has 39 heteroatoms. The Bertz CT molecular complexity index is 3690. The minimum Gasteiger partial charge on any atom is -0.480 e. The smallest absolute Gasteiger partial charge is 0.326 e. The summed E-state index contributed by atoms with van der Waals surface area (Å²) in [6.45, 7) is 13.2. The standard InChI is InChI=1S/C72H112N22O17/c1-10-38(6)55(67(107)90-54(37(4)5)66(106)92-56(40(8)95)68(108)83-39(7)58(98)84-46(25-18-28-81-72(77)78)60(100)93-57(41(9)96)69(109)94-29-19-26-51(94)70(110)111)91-64(104)50(33-52(73)97)88-59(99)45(24-17-27-80-71(75)76)85-61(101)47(30-42-20-13-11-14-21-42)86-62(102)48(31-43-22-15-12-16-23-43)87-63(103)49(32-44-34-79-35-82-44)89-65(105)53(74)36(2)3/h11-16,20-23,34-41,45-51,53-57,95-96H,10,17-19,24-33,74H2,1-9H3,(H2,73,97)(H,79,82)(H,83,108)(H,84,98)(H,85,101)(H,86,102)(H,87,103)(H,88,99)(H,89,105)(H,90,107)(H,91,104)(H,92,106)(H,93,100)(H,110,111)(H4,75,76,80)(H4,77,78,81)/t38-,39-,40+,41+,45-,46-,47-,48-,49-,50-,51-,53-,54-,55-,56-,57-/m0/s1. The van der Waals surface area contributed by atoms with Gasteiger partial charge in [0.1, 0.15) is 72.5 Å². The molecular formula is C72H112N22O17. The first kappa shape index (κ1) is 92.0. The van der Waals surface area contributed by atoms with Gasteiger partial charge in [-0.1, -0.05) is 109 Å². The summed E-state index contributed by atoms with van der Waals surface area (Å²) in [7, 11) is 0. The number of aromatic nitrogens is 2.